The van der Waals surface area contributed by atoms with Gasteiger partial charge in [0.2, 0.25) is 0 Å². The van der Waals surface area contributed by atoms with Gasteiger partial charge in [0.15, 0.2) is 0 Å². The molecule has 0 aromatic heterocycles. The van der Waals surface area contributed by atoms with Crippen LogP contribution in [0.4, 0.5) is 0 Å². The van der Waals surface area contributed by atoms with Gasteiger partial charge in [-0.25, -0.2) is 0 Å². The molecule has 0 aliphatic carbocycles. The summed E-state index contributed by atoms with van der Waals surface area (Å²) >= 11 is 3.47. The predicted molar refractivity (Wildman–Crippen MR) is 20.8 cm³/mol. The topological polar surface area (TPSA) is 57.5 Å². The zero-order valence-corrected chi connectivity index (χ0v) is 7.96. The van der Waals surface area contributed by atoms with E-state index in [0.29, 0.717) is 0 Å². The molecule has 0 saturated heterocycles. The standard InChI is InChI=1S/La.H2O3S2/c;1-5(2,3)4/h;(H2,1,2,3,4). The molecule has 0 unspecified atom stereocenters. The maximum Gasteiger partial charge on any atom is 0.263 e. The Kier molecular flexibility index (Phi) is 6.07. The van der Waals surface area contributed by atoms with Crippen molar-refractivity contribution in [3.63, 3.8) is 0 Å². The van der Waals surface area contributed by atoms with Crippen molar-refractivity contribution in [1.29, 1.82) is 0 Å². The zero-order valence-electron chi connectivity index (χ0n) is 2.70. The van der Waals surface area contributed by atoms with Gasteiger partial charge in [-0.1, -0.05) is 0 Å². The fourth-order valence-corrected chi connectivity index (χ4v) is 0. The average Bonchev–Trinajstić information content (AvgIpc) is 0.722. The summed E-state index contributed by atoms with van der Waals surface area (Å²) in [6.07, 6.45) is 0. The summed E-state index contributed by atoms with van der Waals surface area (Å²) in [4.78, 5) is 0. The fourth-order valence-electron chi connectivity index (χ4n) is 0. The molecule has 0 fully saturated rings. The minimum absolute atomic E-state index is 0. The first-order valence-electron chi connectivity index (χ1n) is 0.698. The van der Waals surface area contributed by atoms with Gasteiger partial charge in [-0.15, -0.1) is 0 Å². The average molecular weight is 253 g/mol. The number of hydrogen-bond donors (Lipinski definition) is 2. The van der Waals surface area contributed by atoms with Crippen molar-refractivity contribution in [2.24, 2.45) is 0 Å². The molecule has 0 atom stereocenters. The Labute approximate surface area is 68.4 Å². The van der Waals surface area contributed by atoms with Gasteiger partial charge in [0, 0.05) is 46.8 Å². The third kappa shape index (κ3) is 50.0. The molecule has 3 nitrogen and oxygen atoms in total. The maximum absolute atomic E-state index is 9.11. The van der Waals surface area contributed by atoms with E-state index in [-0.39, 0.29) is 35.6 Å². The normalized spacial score (nSPS) is 9.67. The van der Waals surface area contributed by atoms with E-state index in [9.17, 15) is 0 Å². The van der Waals surface area contributed by atoms with E-state index in [4.69, 9.17) is 13.3 Å². The second-order valence-corrected chi connectivity index (χ2v) is 2.65. The van der Waals surface area contributed by atoms with E-state index in [1.807, 2.05) is 0 Å². The first kappa shape index (κ1) is 10.5. The maximum atomic E-state index is 9.11. The molecule has 0 aliphatic rings. The molecular weight excluding hydrogens is 251 g/mol. The first-order valence-corrected chi connectivity index (χ1v) is 3.10. The van der Waals surface area contributed by atoms with Gasteiger partial charge in [0.05, 0.1) is 0 Å². The molecular formula is H2LaO3S2. The SMILES string of the molecule is O=S(O)(O)=S.[La]. The van der Waals surface area contributed by atoms with Crippen LogP contribution in [0.1, 0.15) is 0 Å². The van der Waals surface area contributed by atoms with Crippen molar-refractivity contribution in [3.8, 4) is 0 Å². The van der Waals surface area contributed by atoms with Crippen LogP contribution in [-0.2, 0) is 20.2 Å². The van der Waals surface area contributed by atoms with Crippen LogP contribution in [0.2, 0.25) is 0 Å². The van der Waals surface area contributed by atoms with Crippen LogP contribution in [-0.4, -0.2) is 13.3 Å². The summed E-state index contributed by atoms with van der Waals surface area (Å²) in [5, 5.41) is 0. The van der Waals surface area contributed by atoms with Crippen molar-refractivity contribution in [2.75, 3.05) is 0 Å². The van der Waals surface area contributed by atoms with E-state index in [2.05, 4.69) is 11.2 Å². The summed E-state index contributed by atoms with van der Waals surface area (Å²) in [6.45, 7) is 0. The zero-order chi connectivity index (χ0) is 4.50. The molecule has 0 spiro atoms. The van der Waals surface area contributed by atoms with Gasteiger partial charge in [0.1, 0.15) is 0 Å². The summed E-state index contributed by atoms with van der Waals surface area (Å²) < 4.78 is 24.0. The first-order chi connectivity index (χ1) is 2.00. The van der Waals surface area contributed by atoms with Crippen LogP contribution >= 0.6 is 0 Å². The molecule has 35 valence electrons. The summed E-state index contributed by atoms with van der Waals surface area (Å²) in [5.74, 6) is 0. The van der Waals surface area contributed by atoms with Crippen molar-refractivity contribution in [2.45, 2.75) is 0 Å². The van der Waals surface area contributed by atoms with Gasteiger partial charge < -0.3 is 0 Å². The van der Waals surface area contributed by atoms with E-state index in [0.717, 1.165) is 0 Å². The summed E-state index contributed by atoms with van der Waals surface area (Å²) in [5.41, 5.74) is 0. The van der Waals surface area contributed by atoms with Crippen LogP contribution < -0.4 is 0 Å². The quantitative estimate of drug-likeness (QED) is 0.621. The van der Waals surface area contributed by atoms with Crippen LogP contribution in [0.15, 0.2) is 0 Å². The smallest absolute Gasteiger partial charge is 0.263 e. The Morgan fingerprint density at radius 3 is 1.50 bits per heavy atom. The molecule has 0 rings (SSSR count). The molecule has 0 aromatic rings. The van der Waals surface area contributed by atoms with Crippen LogP contribution in [0, 0.1) is 35.6 Å². The minimum Gasteiger partial charge on any atom is -0.285 e. The molecule has 0 amide bonds. The number of rotatable bonds is 0. The van der Waals surface area contributed by atoms with Gasteiger partial charge in [-0.05, 0) is 0 Å². The Balaban J connectivity index is 0. The second-order valence-electron chi connectivity index (χ2n) is 0.448. The molecule has 0 aromatic carbocycles. The monoisotopic (exact) mass is 253 g/mol. The Hall–Kier alpha value is 1.48. The Morgan fingerprint density at radius 2 is 1.50 bits per heavy atom. The molecule has 6 heavy (non-hydrogen) atoms. The van der Waals surface area contributed by atoms with Crippen molar-refractivity contribution in [3.05, 3.63) is 0 Å². The third-order valence-corrected chi connectivity index (χ3v) is 0. The van der Waals surface area contributed by atoms with E-state index < -0.39 is 9.05 Å². The van der Waals surface area contributed by atoms with Gasteiger partial charge in [-0.2, -0.15) is 4.21 Å². The van der Waals surface area contributed by atoms with Crippen LogP contribution in [0.3, 0.4) is 0 Å². The predicted octanol–water partition coefficient (Wildman–Crippen LogP) is -0.321. The van der Waals surface area contributed by atoms with E-state index >= 15 is 0 Å². The van der Waals surface area contributed by atoms with E-state index in [1.54, 1.807) is 0 Å². The van der Waals surface area contributed by atoms with Crippen molar-refractivity contribution < 1.29 is 48.9 Å². The molecule has 1 radical (unpaired) electrons. The Morgan fingerprint density at radius 1 is 1.50 bits per heavy atom. The minimum atomic E-state index is -3.83. The van der Waals surface area contributed by atoms with Crippen molar-refractivity contribution >= 4 is 20.2 Å². The fraction of sp³-hybridized carbons (Fsp3) is 0. The summed E-state index contributed by atoms with van der Waals surface area (Å²) in [7, 11) is -3.83. The van der Waals surface area contributed by atoms with Crippen molar-refractivity contribution in [1.82, 2.24) is 0 Å². The van der Waals surface area contributed by atoms with E-state index in [1.165, 1.54) is 0 Å². The molecule has 0 bridgehead atoms. The van der Waals surface area contributed by atoms with Gasteiger partial charge in [-0.3, -0.25) is 9.11 Å². The molecule has 0 heterocycles. The van der Waals surface area contributed by atoms with Gasteiger partial charge >= 0.3 is 0 Å². The molecule has 0 saturated carbocycles. The third-order valence-electron chi connectivity index (χ3n) is 0. The van der Waals surface area contributed by atoms with Crippen LogP contribution in [0.25, 0.3) is 0 Å². The molecule has 6 heteroatoms. The largest absolute Gasteiger partial charge is 0.285 e. The summed E-state index contributed by atoms with van der Waals surface area (Å²) in [6, 6.07) is 0. The molecule has 0 aliphatic heterocycles. The van der Waals surface area contributed by atoms with Crippen LogP contribution in [0.5, 0.6) is 0 Å². The number of hydrogen-bond acceptors (Lipinski definition) is 2. The Bertz CT molecular complexity index is 92.0. The molecule has 2 N–H and O–H groups in total. The van der Waals surface area contributed by atoms with Gasteiger partial charge in [0.25, 0.3) is 9.05 Å². The second kappa shape index (κ2) is 3.48.